The van der Waals surface area contributed by atoms with Crippen LogP contribution in [0, 0.1) is 6.92 Å². The highest BCUT2D eigenvalue weighted by Crippen LogP contribution is 2.07. The van der Waals surface area contributed by atoms with E-state index in [1.165, 1.54) is 5.56 Å². The van der Waals surface area contributed by atoms with Gasteiger partial charge in [0.15, 0.2) is 5.49 Å². The number of benzene rings is 1. The van der Waals surface area contributed by atoms with Crippen LogP contribution in [0.4, 0.5) is 5.95 Å². The maximum atomic E-state index is 5.83. The van der Waals surface area contributed by atoms with Crippen LogP contribution < -0.4 is 11.2 Å². The van der Waals surface area contributed by atoms with Crippen LogP contribution in [0.2, 0.25) is 0 Å². The zero-order valence-electron chi connectivity index (χ0n) is 10.5. The van der Waals surface area contributed by atoms with E-state index in [1.54, 1.807) is 11.6 Å². The Morgan fingerprint density at radius 3 is 2.83 bits per heavy atom. The first kappa shape index (κ1) is 12.1. The molecule has 2 rings (SSSR count). The number of nitrogens with zero attached hydrogens (tertiary/aromatic N) is 3. The van der Waals surface area contributed by atoms with Crippen molar-refractivity contribution in [2.75, 3.05) is 12.8 Å². The molecule has 1 heterocycles. The topological polar surface area (TPSA) is 56.2 Å². The van der Waals surface area contributed by atoms with E-state index in [0.717, 1.165) is 5.56 Å². The molecule has 0 fully saturated rings. The molecule has 0 atom stereocenters. The number of nitrogen functional groups attached to an aromatic ring is 1. The molecule has 1 aromatic carbocycles. The fourth-order valence-electron chi connectivity index (χ4n) is 1.63. The average Bonchev–Trinajstić information content (AvgIpc) is 2.37. The van der Waals surface area contributed by atoms with E-state index < -0.39 is 0 Å². The summed E-state index contributed by atoms with van der Waals surface area (Å²) in [6, 6.07) is 10.1. The van der Waals surface area contributed by atoms with Crippen LogP contribution >= 0.6 is 0 Å². The Bertz CT molecular complexity index is 638. The molecule has 0 aliphatic carbocycles. The molecule has 2 aromatic rings. The minimum atomic E-state index is 0.419. The molecule has 0 bridgehead atoms. The largest absolute Gasteiger partial charge is 0.369 e. The van der Waals surface area contributed by atoms with Crippen LogP contribution in [-0.2, 0) is 0 Å². The van der Waals surface area contributed by atoms with E-state index >= 15 is 0 Å². The fourth-order valence-corrected chi connectivity index (χ4v) is 1.63. The number of anilines is 1. The first-order chi connectivity index (χ1) is 8.69. The Kier molecular flexibility index (Phi) is 3.57. The number of nitrogens with two attached hydrogens (primary N) is 1. The van der Waals surface area contributed by atoms with Crippen molar-refractivity contribution in [3.05, 3.63) is 53.1 Å². The zero-order valence-corrected chi connectivity index (χ0v) is 10.5. The molecule has 0 saturated heterocycles. The van der Waals surface area contributed by atoms with Gasteiger partial charge in [0, 0.05) is 19.4 Å². The van der Waals surface area contributed by atoms with Gasteiger partial charge in [-0.1, -0.05) is 29.8 Å². The van der Waals surface area contributed by atoms with Crippen molar-refractivity contribution >= 4 is 18.2 Å². The number of rotatable bonds is 2. The molecule has 18 heavy (non-hydrogen) atoms. The van der Waals surface area contributed by atoms with Crippen molar-refractivity contribution in [1.29, 1.82) is 0 Å². The van der Waals surface area contributed by atoms with Gasteiger partial charge in [0.1, 0.15) is 0 Å². The summed E-state index contributed by atoms with van der Waals surface area (Å²) >= 11 is 0. The molecule has 0 aliphatic rings. The van der Waals surface area contributed by atoms with Gasteiger partial charge in [-0.15, -0.1) is 0 Å². The number of hydrogen-bond acceptors (Lipinski definition) is 3. The Morgan fingerprint density at radius 2 is 2.17 bits per heavy atom. The molecule has 0 amide bonds. The lowest BCUT2D eigenvalue weighted by molar-refractivity contribution is 0.999. The fraction of sp³-hybridized carbons (Fsp3) is 0.143. The highest BCUT2D eigenvalue weighted by molar-refractivity contribution is 5.62. The first-order valence-corrected chi connectivity index (χ1v) is 5.71. The van der Waals surface area contributed by atoms with E-state index in [0.29, 0.717) is 11.4 Å². The third-order valence-electron chi connectivity index (χ3n) is 2.58. The maximum absolute atomic E-state index is 5.83. The molecule has 2 N–H and O–H groups in total. The summed E-state index contributed by atoms with van der Waals surface area (Å²) in [5.41, 5.74) is 8.82. The molecule has 0 unspecified atom stereocenters. The first-order valence-electron chi connectivity index (χ1n) is 5.71. The summed E-state index contributed by atoms with van der Waals surface area (Å²) in [4.78, 5) is 8.12. The van der Waals surface area contributed by atoms with E-state index in [9.17, 15) is 0 Å². The number of aryl methyl sites for hydroxylation is 1. The van der Waals surface area contributed by atoms with Gasteiger partial charge < -0.3 is 5.73 Å². The summed E-state index contributed by atoms with van der Waals surface area (Å²) in [7, 11) is 1.69. The number of hydrogen-bond donors (Lipinski definition) is 1. The van der Waals surface area contributed by atoms with Crippen molar-refractivity contribution in [3.63, 3.8) is 0 Å². The van der Waals surface area contributed by atoms with Crippen LogP contribution in [0.5, 0.6) is 0 Å². The van der Waals surface area contributed by atoms with Crippen LogP contribution in [-0.4, -0.2) is 16.6 Å². The SMILES string of the molecule is CN=c1ccn(/C=C/c2cccc(C)c2)c(N)n1. The predicted molar refractivity (Wildman–Crippen MR) is 74.5 cm³/mol. The second-order valence-electron chi connectivity index (χ2n) is 4.00. The third kappa shape index (κ3) is 2.85. The Morgan fingerprint density at radius 1 is 1.33 bits per heavy atom. The summed E-state index contributed by atoms with van der Waals surface area (Å²) in [6.07, 6.45) is 5.72. The van der Waals surface area contributed by atoms with Gasteiger partial charge in [-0.3, -0.25) is 9.56 Å². The third-order valence-corrected chi connectivity index (χ3v) is 2.58. The van der Waals surface area contributed by atoms with Gasteiger partial charge in [-0.05, 0) is 24.6 Å². The minimum Gasteiger partial charge on any atom is -0.369 e. The van der Waals surface area contributed by atoms with Gasteiger partial charge in [0.2, 0.25) is 5.95 Å². The van der Waals surface area contributed by atoms with Crippen molar-refractivity contribution in [3.8, 4) is 0 Å². The molecule has 0 radical (unpaired) electrons. The van der Waals surface area contributed by atoms with Gasteiger partial charge in [-0.2, -0.15) is 4.98 Å². The van der Waals surface area contributed by atoms with Crippen molar-refractivity contribution in [1.82, 2.24) is 9.55 Å². The van der Waals surface area contributed by atoms with E-state index in [2.05, 4.69) is 29.0 Å². The smallest absolute Gasteiger partial charge is 0.206 e. The summed E-state index contributed by atoms with van der Waals surface area (Å²) in [5.74, 6) is 0.419. The summed E-state index contributed by atoms with van der Waals surface area (Å²) in [5, 5.41) is 0. The van der Waals surface area contributed by atoms with Crippen LogP contribution in [0.25, 0.3) is 12.3 Å². The monoisotopic (exact) mass is 240 g/mol. The molecule has 4 nitrogen and oxygen atoms in total. The van der Waals surface area contributed by atoms with Crippen molar-refractivity contribution in [2.45, 2.75) is 6.92 Å². The van der Waals surface area contributed by atoms with Gasteiger partial charge in [0.25, 0.3) is 0 Å². The van der Waals surface area contributed by atoms with Crippen molar-refractivity contribution in [2.24, 2.45) is 4.99 Å². The quantitative estimate of drug-likeness (QED) is 0.872. The van der Waals surface area contributed by atoms with Crippen LogP contribution in [0.3, 0.4) is 0 Å². The van der Waals surface area contributed by atoms with E-state index in [4.69, 9.17) is 5.73 Å². The predicted octanol–water partition coefficient (Wildman–Crippen LogP) is 1.93. The lowest BCUT2D eigenvalue weighted by Crippen LogP contribution is -2.13. The Balaban J connectivity index is 2.29. The van der Waals surface area contributed by atoms with Crippen LogP contribution in [0.15, 0.2) is 41.5 Å². The average molecular weight is 240 g/mol. The molecule has 0 saturated carbocycles. The highest BCUT2D eigenvalue weighted by atomic mass is 15.1. The molecular formula is C14H16N4. The molecule has 4 heteroatoms. The summed E-state index contributed by atoms with van der Waals surface area (Å²) in [6.45, 7) is 2.07. The Hall–Kier alpha value is -2.36. The lowest BCUT2D eigenvalue weighted by Gasteiger charge is -2.03. The highest BCUT2D eigenvalue weighted by Gasteiger charge is 1.93. The maximum Gasteiger partial charge on any atom is 0.206 e. The minimum absolute atomic E-state index is 0.419. The lowest BCUT2D eigenvalue weighted by atomic mass is 10.1. The number of aromatic nitrogens is 2. The Labute approximate surface area is 106 Å². The normalized spacial score (nSPS) is 12.2. The molecule has 0 spiro atoms. The van der Waals surface area contributed by atoms with Crippen LogP contribution in [0.1, 0.15) is 11.1 Å². The zero-order chi connectivity index (χ0) is 13.0. The van der Waals surface area contributed by atoms with Crippen molar-refractivity contribution < 1.29 is 0 Å². The second kappa shape index (κ2) is 5.31. The molecule has 0 aliphatic heterocycles. The molecule has 92 valence electrons. The van der Waals surface area contributed by atoms with Gasteiger partial charge in [0.05, 0.1) is 0 Å². The second-order valence-corrected chi connectivity index (χ2v) is 4.00. The standard InChI is InChI=1S/C14H16N4/c1-11-4-3-5-12(10-11)6-8-18-9-7-13(16-2)17-14(18)15/h3-10H,1-2H3,(H2,15,16,17)/b8-6+. The molecular weight excluding hydrogens is 224 g/mol. The summed E-state index contributed by atoms with van der Waals surface area (Å²) < 4.78 is 1.76. The van der Waals surface area contributed by atoms with Gasteiger partial charge in [-0.25, -0.2) is 0 Å². The molecule has 1 aromatic heterocycles. The van der Waals surface area contributed by atoms with E-state index in [-0.39, 0.29) is 0 Å². The van der Waals surface area contributed by atoms with E-state index in [1.807, 2.05) is 36.7 Å². The van der Waals surface area contributed by atoms with Gasteiger partial charge >= 0.3 is 0 Å².